The van der Waals surface area contributed by atoms with E-state index in [1.165, 1.54) is 16.5 Å². The first-order valence-corrected chi connectivity index (χ1v) is 12.8. The molecule has 2 aromatic rings. The predicted octanol–water partition coefficient (Wildman–Crippen LogP) is 6.34. The second-order valence-corrected chi connectivity index (χ2v) is 15.3. The van der Waals surface area contributed by atoms with Gasteiger partial charge in [0.05, 0.1) is 0 Å². The Kier molecular flexibility index (Phi) is 7.01. The highest BCUT2D eigenvalue weighted by molar-refractivity contribution is 6.82. The van der Waals surface area contributed by atoms with Crippen LogP contribution in [-0.2, 0) is 6.54 Å². The average Bonchev–Trinajstić information content (AvgIpc) is 2.92. The maximum Gasteiger partial charge on any atom is 0.169 e. The third-order valence-electron chi connectivity index (χ3n) is 6.38. The van der Waals surface area contributed by atoms with Crippen molar-refractivity contribution in [2.24, 2.45) is 0 Å². The molecule has 1 N–H and O–H groups in total. The van der Waals surface area contributed by atoms with Crippen LogP contribution in [0, 0.1) is 0 Å². The van der Waals surface area contributed by atoms with Crippen LogP contribution in [0.25, 0.3) is 10.9 Å². The number of hydrogen-bond acceptors (Lipinski definition) is 2. The first kappa shape index (κ1) is 22.9. The van der Waals surface area contributed by atoms with Crippen LogP contribution in [0.3, 0.4) is 0 Å². The minimum atomic E-state index is -1.89. The standard InChI is InChI=1S/C24H40N2OSi/c1-16(2)24(27)21-12-11-13-22-23(21)20(14-25(9)10)15-26(22)28(17(3)4,18(5)6)19(7)8/h11-13,15,17-19,24,27H,1,14H2,2-10H3. The Balaban J connectivity index is 2.95. The van der Waals surface area contributed by atoms with Gasteiger partial charge in [0.1, 0.15) is 6.10 Å². The molecule has 2 rings (SSSR count). The summed E-state index contributed by atoms with van der Waals surface area (Å²) in [7, 11) is 2.33. The van der Waals surface area contributed by atoms with Gasteiger partial charge in [-0.25, -0.2) is 0 Å². The molecule has 0 saturated heterocycles. The molecule has 3 nitrogen and oxygen atoms in total. The number of nitrogens with zero attached hydrogens (tertiary/aromatic N) is 2. The lowest BCUT2D eigenvalue weighted by atomic mass is 9.98. The first-order valence-electron chi connectivity index (χ1n) is 10.6. The van der Waals surface area contributed by atoms with Crippen molar-refractivity contribution in [2.75, 3.05) is 14.1 Å². The molecule has 28 heavy (non-hydrogen) atoms. The minimum absolute atomic E-state index is 0.616. The van der Waals surface area contributed by atoms with E-state index in [0.717, 1.165) is 17.7 Å². The van der Waals surface area contributed by atoms with Gasteiger partial charge in [-0.2, -0.15) is 0 Å². The normalized spacial score (nSPS) is 14.1. The van der Waals surface area contributed by atoms with E-state index >= 15 is 0 Å². The molecule has 0 amide bonds. The smallest absolute Gasteiger partial charge is 0.169 e. The third-order valence-corrected chi connectivity index (χ3v) is 13.1. The molecule has 0 spiro atoms. The molecule has 1 aromatic carbocycles. The zero-order chi connectivity index (χ0) is 21.4. The minimum Gasteiger partial charge on any atom is -0.384 e. The maximum absolute atomic E-state index is 10.9. The van der Waals surface area contributed by atoms with E-state index in [0.29, 0.717) is 16.6 Å². The molecular formula is C24H40N2OSi. The molecular weight excluding hydrogens is 360 g/mol. The summed E-state index contributed by atoms with van der Waals surface area (Å²) in [4.78, 5) is 2.21. The fourth-order valence-corrected chi connectivity index (χ4v) is 12.2. The average molecular weight is 401 g/mol. The first-order chi connectivity index (χ1) is 13.0. The topological polar surface area (TPSA) is 28.4 Å². The predicted molar refractivity (Wildman–Crippen MR) is 126 cm³/mol. The van der Waals surface area contributed by atoms with Crippen molar-refractivity contribution in [3.05, 3.63) is 47.7 Å². The fraction of sp³-hybridized carbons (Fsp3) is 0.583. The third kappa shape index (κ3) is 3.74. The van der Waals surface area contributed by atoms with Gasteiger partial charge in [-0.15, -0.1) is 0 Å². The van der Waals surface area contributed by atoms with Crippen LogP contribution in [0.5, 0.6) is 0 Å². The van der Waals surface area contributed by atoms with Crippen molar-refractivity contribution in [3.8, 4) is 0 Å². The van der Waals surface area contributed by atoms with Crippen LogP contribution in [0.4, 0.5) is 0 Å². The Morgan fingerprint density at radius 3 is 2.04 bits per heavy atom. The van der Waals surface area contributed by atoms with Gasteiger partial charge >= 0.3 is 0 Å². The summed E-state index contributed by atoms with van der Waals surface area (Å²) >= 11 is 0. The van der Waals surface area contributed by atoms with Gasteiger partial charge in [-0.3, -0.25) is 0 Å². The zero-order valence-electron chi connectivity index (χ0n) is 19.4. The molecule has 0 aliphatic rings. The summed E-state index contributed by atoms with van der Waals surface area (Å²) in [6, 6.07) is 6.41. The molecule has 4 heteroatoms. The molecule has 0 fully saturated rings. The summed E-state index contributed by atoms with van der Waals surface area (Å²) in [5.74, 6) is 0. The van der Waals surface area contributed by atoms with E-state index in [4.69, 9.17) is 0 Å². The van der Waals surface area contributed by atoms with Gasteiger partial charge in [-0.05, 0) is 60.4 Å². The van der Waals surface area contributed by atoms with Crippen molar-refractivity contribution in [2.45, 2.75) is 77.7 Å². The van der Waals surface area contributed by atoms with Gasteiger partial charge in [0.25, 0.3) is 0 Å². The van der Waals surface area contributed by atoms with Crippen LogP contribution in [0.1, 0.15) is 65.7 Å². The number of fused-ring (bicyclic) bond motifs is 1. The van der Waals surface area contributed by atoms with E-state index in [2.05, 4.69) is 95.7 Å². The molecule has 1 heterocycles. The monoisotopic (exact) mass is 400 g/mol. The second kappa shape index (κ2) is 8.56. The quantitative estimate of drug-likeness (QED) is 0.414. The van der Waals surface area contributed by atoms with Crippen LogP contribution >= 0.6 is 0 Å². The largest absolute Gasteiger partial charge is 0.384 e. The number of aliphatic hydroxyl groups excluding tert-OH is 1. The number of benzene rings is 1. The van der Waals surface area contributed by atoms with Gasteiger partial charge < -0.3 is 14.2 Å². The van der Waals surface area contributed by atoms with Crippen LogP contribution < -0.4 is 0 Å². The lowest BCUT2D eigenvalue weighted by molar-refractivity contribution is 0.218. The molecule has 156 valence electrons. The SMILES string of the molecule is C=C(C)C(O)c1cccc2c1c(CN(C)C)cn2[Si](C(C)C)(C(C)C)C(C)C. The van der Waals surface area contributed by atoms with Crippen LogP contribution in [-0.4, -0.2) is 36.6 Å². The van der Waals surface area contributed by atoms with E-state index in [1.807, 2.05) is 6.92 Å². The number of hydrogen-bond donors (Lipinski definition) is 1. The van der Waals surface area contributed by atoms with E-state index in [9.17, 15) is 5.11 Å². The fourth-order valence-electron chi connectivity index (χ4n) is 5.51. The zero-order valence-corrected chi connectivity index (χ0v) is 20.4. The molecule has 1 atom stereocenters. The van der Waals surface area contributed by atoms with Crippen LogP contribution in [0.2, 0.25) is 16.6 Å². The van der Waals surface area contributed by atoms with E-state index in [-0.39, 0.29) is 0 Å². The Bertz CT molecular complexity index is 811. The summed E-state index contributed by atoms with van der Waals surface area (Å²) in [6.45, 7) is 21.2. The van der Waals surface area contributed by atoms with Crippen molar-refractivity contribution in [1.82, 2.24) is 9.13 Å². The summed E-state index contributed by atoms with van der Waals surface area (Å²) in [5.41, 5.74) is 6.20. The Labute approximate surface area is 173 Å². The van der Waals surface area contributed by atoms with E-state index < -0.39 is 14.3 Å². The number of aromatic nitrogens is 1. The van der Waals surface area contributed by atoms with Crippen molar-refractivity contribution >= 4 is 19.1 Å². The van der Waals surface area contributed by atoms with Gasteiger partial charge in [0, 0.05) is 23.6 Å². The molecule has 1 unspecified atom stereocenters. The Hall–Kier alpha value is -1.36. The second-order valence-electron chi connectivity index (χ2n) is 9.60. The molecule has 0 bridgehead atoms. The lowest BCUT2D eigenvalue weighted by Crippen LogP contribution is -2.51. The summed E-state index contributed by atoms with van der Waals surface area (Å²) < 4.78 is 2.66. The molecule has 0 aliphatic heterocycles. The number of aliphatic hydroxyl groups is 1. The maximum atomic E-state index is 10.9. The summed E-state index contributed by atoms with van der Waals surface area (Å²) in [5, 5.41) is 12.1. The van der Waals surface area contributed by atoms with E-state index in [1.54, 1.807) is 0 Å². The van der Waals surface area contributed by atoms with Crippen molar-refractivity contribution < 1.29 is 5.11 Å². The van der Waals surface area contributed by atoms with Crippen molar-refractivity contribution in [3.63, 3.8) is 0 Å². The van der Waals surface area contributed by atoms with Crippen molar-refractivity contribution in [1.29, 1.82) is 0 Å². The number of rotatable bonds is 8. The highest BCUT2D eigenvalue weighted by Crippen LogP contribution is 2.45. The summed E-state index contributed by atoms with van der Waals surface area (Å²) in [6.07, 6.45) is 1.78. The molecule has 0 radical (unpaired) electrons. The highest BCUT2D eigenvalue weighted by atomic mass is 28.3. The highest BCUT2D eigenvalue weighted by Gasteiger charge is 2.46. The molecule has 0 aliphatic carbocycles. The Morgan fingerprint density at radius 1 is 1.07 bits per heavy atom. The van der Waals surface area contributed by atoms with Gasteiger partial charge in [-0.1, -0.05) is 60.3 Å². The van der Waals surface area contributed by atoms with Crippen LogP contribution in [0.15, 0.2) is 36.5 Å². The van der Waals surface area contributed by atoms with Gasteiger partial charge in [0.2, 0.25) is 0 Å². The molecule has 1 aromatic heterocycles. The van der Waals surface area contributed by atoms with Gasteiger partial charge in [0.15, 0.2) is 8.24 Å². The Morgan fingerprint density at radius 2 is 1.61 bits per heavy atom. The lowest BCUT2D eigenvalue weighted by Gasteiger charge is -2.44. The molecule has 0 saturated carbocycles.